The number of rotatable bonds is 1. The van der Waals surface area contributed by atoms with E-state index in [1.807, 2.05) is 6.07 Å². The van der Waals surface area contributed by atoms with Crippen LogP contribution in [0.15, 0.2) is 18.5 Å². The highest BCUT2D eigenvalue weighted by Gasteiger charge is 2.15. The summed E-state index contributed by atoms with van der Waals surface area (Å²) in [5.74, 6) is -0.298. The summed E-state index contributed by atoms with van der Waals surface area (Å²) >= 11 is 0. The Labute approximate surface area is 90.1 Å². The van der Waals surface area contributed by atoms with Gasteiger partial charge in [-0.1, -0.05) is 0 Å². The summed E-state index contributed by atoms with van der Waals surface area (Å²) in [4.78, 5) is 22.5. The molecule has 80 valence electrons. The van der Waals surface area contributed by atoms with E-state index in [0.717, 1.165) is 16.6 Å². The van der Waals surface area contributed by atoms with Crippen molar-refractivity contribution in [2.45, 2.75) is 0 Å². The Kier molecular flexibility index (Phi) is 1.57. The van der Waals surface area contributed by atoms with Gasteiger partial charge in [-0.25, -0.2) is 9.97 Å². The molecular formula is C10H9N5O. The van der Waals surface area contributed by atoms with Gasteiger partial charge in [0.05, 0.1) is 11.7 Å². The molecule has 0 radical (unpaired) electrons. The van der Waals surface area contributed by atoms with Crippen LogP contribution in [0.3, 0.4) is 0 Å². The topological polar surface area (TPSA) is 89.6 Å². The molecule has 0 unspecified atom stereocenters. The monoisotopic (exact) mass is 215 g/mol. The van der Waals surface area contributed by atoms with Gasteiger partial charge in [0.25, 0.3) is 5.91 Å². The van der Waals surface area contributed by atoms with Gasteiger partial charge in [-0.05, 0) is 6.07 Å². The fraction of sp³-hybridized carbons (Fsp3) is 0.100. The zero-order chi connectivity index (χ0) is 11.3. The fourth-order valence-corrected chi connectivity index (χ4v) is 1.93. The van der Waals surface area contributed by atoms with E-state index in [0.29, 0.717) is 5.52 Å². The lowest BCUT2D eigenvalue weighted by atomic mass is 10.3. The number of nitrogens with one attached hydrogen (secondary N) is 1. The Bertz CT molecular complexity index is 708. The highest BCUT2D eigenvalue weighted by molar-refractivity contribution is 6.04. The summed E-state index contributed by atoms with van der Waals surface area (Å²) in [5, 5.41) is 0.931. The summed E-state index contributed by atoms with van der Waals surface area (Å²) in [7, 11) is 1.77. The Balaban J connectivity index is 2.54. The van der Waals surface area contributed by atoms with Crippen molar-refractivity contribution in [1.82, 2.24) is 19.5 Å². The van der Waals surface area contributed by atoms with E-state index in [4.69, 9.17) is 5.73 Å². The quantitative estimate of drug-likeness (QED) is 0.621. The van der Waals surface area contributed by atoms with Crippen LogP contribution in [-0.2, 0) is 7.05 Å². The number of nitrogens with two attached hydrogens (primary N) is 1. The van der Waals surface area contributed by atoms with Crippen molar-refractivity contribution in [3.63, 3.8) is 0 Å². The van der Waals surface area contributed by atoms with Crippen LogP contribution in [0.1, 0.15) is 10.6 Å². The number of nitrogens with zero attached hydrogens (tertiary/aromatic N) is 3. The van der Waals surface area contributed by atoms with Gasteiger partial charge in [-0.3, -0.25) is 4.79 Å². The molecule has 0 aliphatic heterocycles. The Morgan fingerprint density at radius 1 is 1.56 bits per heavy atom. The summed E-state index contributed by atoms with van der Waals surface area (Å²) < 4.78 is 1.69. The van der Waals surface area contributed by atoms with Crippen molar-refractivity contribution < 1.29 is 4.79 Å². The lowest BCUT2D eigenvalue weighted by molar-refractivity contribution is 0.0988. The van der Waals surface area contributed by atoms with Crippen LogP contribution in [0, 0.1) is 0 Å². The number of imidazole rings is 1. The molecule has 6 nitrogen and oxygen atoms in total. The smallest absolute Gasteiger partial charge is 0.284 e. The van der Waals surface area contributed by atoms with E-state index in [9.17, 15) is 4.79 Å². The maximum absolute atomic E-state index is 11.2. The minimum atomic E-state index is -0.539. The lowest BCUT2D eigenvalue weighted by Gasteiger charge is -1.98. The molecule has 3 N–H and O–H groups in total. The van der Waals surface area contributed by atoms with Gasteiger partial charge in [0.1, 0.15) is 11.2 Å². The third-order valence-electron chi connectivity index (χ3n) is 2.64. The van der Waals surface area contributed by atoms with Gasteiger partial charge in [-0.15, -0.1) is 0 Å². The molecule has 3 heterocycles. The first-order valence-electron chi connectivity index (χ1n) is 4.77. The normalized spacial score (nSPS) is 11.3. The molecule has 3 rings (SSSR count). The van der Waals surface area contributed by atoms with E-state index in [-0.39, 0.29) is 5.82 Å². The summed E-state index contributed by atoms with van der Waals surface area (Å²) in [6.45, 7) is 0. The number of pyridine rings is 1. The highest BCUT2D eigenvalue weighted by atomic mass is 16.1. The fourth-order valence-electron chi connectivity index (χ4n) is 1.93. The number of fused-ring (bicyclic) bond motifs is 3. The first-order chi connectivity index (χ1) is 7.68. The number of primary amides is 1. The van der Waals surface area contributed by atoms with Gasteiger partial charge in [0.15, 0.2) is 5.82 Å². The van der Waals surface area contributed by atoms with Crippen molar-refractivity contribution in [3.8, 4) is 0 Å². The number of amides is 1. The Hall–Kier alpha value is -2.37. The molecule has 0 saturated carbocycles. The number of hydrogen-bond donors (Lipinski definition) is 2. The Morgan fingerprint density at radius 3 is 3.12 bits per heavy atom. The molecule has 0 saturated heterocycles. The highest BCUT2D eigenvalue weighted by Crippen LogP contribution is 2.22. The molecule has 3 aromatic heterocycles. The van der Waals surface area contributed by atoms with Crippen molar-refractivity contribution >= 4 is 28.0 Å². The lowest BCUT2D eigenvalue weighted by Crippen LogP contribution is -2.16. The third-order valence-corrected chi connectivity index (χ3v) is 2.64. The van der Waals surface area contributed by atoms with Crippen LogP contribution in [0.2, 0.25) is 0 Å². The zero-order valence-electron chi connectivity index (χ0n) is 8.56. The first-order valence-corrected chi connectivity index (χ1v) is 4.77. The second-order valence-electron chi connectivity index (χ2n) is 3.59. The molecule has 0 aliphatic carbocycles. The maximum Gasteiger partial charge on any atom is 0.284 e. The van der Waals surface area contributed by atoms with Crippen LogP contribution < -0.4 is 5.73 Å². The van der Waals surface area contributed by atoms with E-state index >= 15 is 0 Å². The zero-order valence-corrected chi connectivity index (χ0v) is 8.56. The number of aromatic amines is 1. The van der Waals surface area contributed by atoms with Crippen LogP contribution in [0.4, 0.5) is 0 Å². The summed E-state index contributed by atoms with van der Waals surface area (Å²) in [6.07, 6.45) is 3.43. The molecule has 0 atom stereocenters. The molecule has 3 aromatic rings. The molecule has 16 heavy (non-hydrogen) atoms. The number of hydrogen-bond acceptors (Lipinski definition) is 3. The second-order valence-corrected chi connectivity index (χ2v) is 3.59. The van der Waals surface area contributed by atoms with Gasteiger partial charge < -0.3 is 15.3 Å². The molecule has 0 aliphatic rings. The van der Waals surface area contributed by atoms with Crippen LogP contribution in [-0.4, -0.2) is 25.4 Å². The van der Waals surface area contributed by atoms with Crippen molar-refractivity contribution in [2.24, 2.45) is 12.8 Å². The third kappa shape index (κ3) is 0.979. The largest absolute Gasteiger partial charge is 0.363 e. The van der Waals surface area contributed by atoms with Crippen LogP contribution in [0.5, 0.6) is 0 Å². The number of carbonyl (C=O) groups excluding carboxylic acids is 1. The molecule has 1 amide bonds. The number of aryl methyl sites for hydroxylation is 1. The van der Waals surface area contributed by atoms with E-state index < -0.39 is 5.91 Å². The Morgan fingerprint density at radius 2 is 2.38 bits per heavy atom. The predicted molar refractivity (Wildman–Crippen MR) is 58.9 cm³/mol. The molecule has 6 heteroatoms. The number of H-pyrrole nitrogens is 1. The average molecular weight is 215 g/mol. The first kappa shape index (κ1) is 8.90. The van der Waals surface area contributed by atoms with Gasteiger partial charge in [0, 0.05) is 18.6 Å². The minimum Gasteiger partial charge on any atom is -0.363 e. The second kappa shape index (κ2) is 2.82. The number of carbonyl (C=O) groups is 1. The van der Waals surface area contributed by atoms with Crippen molar-refractivity contribution in [2.75, 3.05) is 0 Å². The minimum absolute atomic E-state index is 0.241. The predicted octanol–water partition coefficient (Wildman–Crippen LogP) is 0.548. The van der Waals surface area contributed by atoms with Crippen molar-refractivity contribution in [1.29, 1.82) is 0 Å². The van der Waals surface area contributed by atoms with Gasteiger partial charge >= 0.3 is 0 Å². The van der Waals surface area contributed by atoms with Gasteiger partial charge in [-0.2, -0.15) is 0 Å². The van der Waals surface area contributed by atoms with E-state index in [2.05, 4.69) is 15.0 Å². The molecule has 0 spiro atoms. The summed E-state index contributed by atoms with van der Waals surface area (Å²) in [6, 6.07) is 1.90. The van der Waals surface area contributed by atoms with Crippen LogP contribution >= 0.6 is 0 Å². The average Bonchev–Trinajstić information content (AvgIpc) is 2.81. The maximum atomic E-state index is 11.2. The summed E-state index contributed by atoms with van der Waals surface area (Å²) in [5.41, 5.74) is 7.55. The van der Waals surface area contributed by atoms with Crippen LogP contribution in [0.25, 0.3) is 22.1 Å². The van der Waals surface area contributed by atoms with E-state index in [1.165, 1.54) is 0 Å². The van der Waals surface area contributed by atoms with Gasteiger partial charge in [0.2, 0.25) is 0 Å². The molecule has 0 aromatic carbocycles. The molecular weight excluding hydrogens is 206 g/mol. The number of aromatic nitrogens is 4. The standard InChI is InChI=1S/C10H9N5O/c1-15-7-5-2-3-12-9(5)13-4-6(7)14-10(15)8(11)16/h2-4H,1H3,(H2,11,16)(H,12,13). The van der Waals surface area contributed by atoms with E-state index in [1.54, 1.807) is 24.0 Å². The molecule has 0 bridgehead atoms. The molecule has 0 fully saturated rings. The SMILES string of the molecule is Cn1c(C(N)=O)nc2cnc3[nH]ccc3c21. The van der Waals surface area contributed by atoms with Crippen molar-refractivity contribution in [3.05, 3.63) is 24.3 Å².